The monoisotopic (exact) mass is 329 g/mol. The van der Waals surface area contributed by atoms with Gasteiger partial charge < -0.3 is 14.8 Å². The van der Waals surface area contributed by atoms with Crippen LogP contribution in [0.25, 0.3) is 0 Å². The van der Waals surface area contributed by atoms with Crippen LogP contribution in [0, 0.1) is 5.82 Å². The highest BCUT2D eigenvalue weighted by Crippen LogP contribution is 2.34. The third kappa shape index (κ3) is 2.93. The van der Waals surface area contributed by atoms with E-state index in [1.54, 1.807) is 12.1 Å². The number of anilines is 1. The molecule has 2 atom stereocenters. The lowest BCUT2D eigenvalue weighted by Crippen LogP contribution is -2.45. The zero-order chi connectivity index (χ0) is 13.3. The minimum Gasteiger partial charge on any atom is -0.380 e. The number of nitrogens with one attached hydrogen (secondary N) is 1. The van der Waals surface area contributed by atoms with Gasteiger partial charge >= 0.3 is 0 Å². The molecule has 0 saturated carbocycles. The van der Waals surface area contributed by atoms with Gasteiger partial charge in [-0.2, -0.15) is 0 Å². The topological polar surface area (TPSA) is 30.5 Å². The molecular formula is C14H17BrFNO2. The van der Waals surface area contributed by atoms with E-state index in [1.165, 1.54) is 6.07 Å². The van der Waals surface area contributed by atoms with Gasteiger partial charge in [-0.1, -0.05) is 15.9 Å². The first-order chi connectivity index (χ1) is 9.17. The number of hydrogen-bond donors (Lipinski definition) is 1. The first-order valence-corrected chi connectivity index (χ1v) is 7.39. The number of halogens is 2. The summed E-state index contributed by atoms with van der Waals surface area (Å²) in [5.74, 6) is -0.216. The van der Waals surface area contributed by atoms with Crippen molar-refractivity contribution in [2.45, 2.75) is 30.9 Å². The van der Waals surface area contributed by atoms with E-state index < -0.39 is 0 Å². The van der Waals surface area contributed by atoms with Gasteiger partial charge in [-0.15, -0.1) is 0 Å². The third-order valence-electron chi connectivity index (χ3n) is 3.85. The molecule has 3 nitrogen and oxygen atoms in total. The summed E-state index contributed by atoms with van der Waals surface area (Å²) >= 11 is 3.37. The molecule has 1 aromatic rings. The van der Waals surface area contributed by atoms with Crippen molar-refractivity contribution in [3.8, 4) is 0 Å². The average molecular weight is 330 g/mol. The lowest BCUT2D eigenvalue weighted by Gasteiger charge is -2.37. The van der Waals surface area contributed by atoms with E-state index in [0.717, 1.165) is 30.3 Å². The summed E-state index contributed by atoms with van der Waals surface area (Å²) in [4.78, 5) is 0. The van der Waals surface area contributed by atoms with Gasteiger partial charge in [-0.3, -0.25) is 0 Å². The predicted molar refractivity (Wildman–Crippen MR) is 74.9 cm³/mol. The maximum absolute atomic E-state index is 13.8. The highest BCUT2D eigenvalue weighted by Gasteiger charge is 2.41. The van der Waals surface area contributed by atoms with E-state index in [1.807, 2.05) is 0 Å². The predicted octanol–water partition coefficient (Wildman–Crippen LogP) is 3.34. The molecule has 2 aliphatic heterocycles. The molecule has 0 radical (unpaired) electrons. The second-order valence-electron chi connectivity index (χ2n) is 5.29. The summed E-state index contributed by atoms with van der Waals surface area (Å²) in [6.45, 7) is 2.13. The number of rotatable bonds is 2. The Hall–Kier alpha value is -0.650. The van der Waals surface area contributed by atoms with Gasteiger partial charge in [0.05, 0.1) is 17.9 Å². The second-order valence-corrected chi connectivity index (χ2v) is 6.21. The third-order valence-corrected chi connectivity index (χ3v) is 4.34. The first-order valence-electron chi connectivity index (χ1n) is 6.60. The lowest BCUT2D eigenvalue weighted by molar-refractivity contribution is -0.0828. The lowest BCUT2D eigenvalue weighted by atomic mass is 9.89. The van der Waals surface area contributed by atoms with Crippen LogP contribution in [0.15, 0.2) is 22.7 Å². The fraction of sp³-hybridized carbons (Fsp3) is 0.571. The molecule has 3 rings (SSSR count). The molecule has 0 bridgehead atoms. The Bertz CT molecular complexity index is 463. The van der Waals surface area contributed by atoms with E-state index >= 15 is 0 Å². The Morgan fingerprint density at radius 1 is 1.37 bits per heavy atom. The zero-order valence-electron chi connectivity index (χ0n) is 10.6. The molecule has 2 heterocycles. The molecule has 0 aliphatic carbocycles. The molecule has 2 fully saturated rings. The minimum absolute atomic E-state index is 0.154. The highest BCUT2D eigenvalue weighted by molar-refractivity contribution is 9.10. The van der Waals surface area contributed by atoms with E-state index in [2.05, 4.69) is 21.2 Å². The van der Waals surface area contributed by atoms with E-state index in [9.17, 15) is 4.39 Å². The van der Waals surface area contributed by atoms with Gasteiger partial charge in [0, 0.05) is 30.1 Å². The van der Waals surface area contributed by atoms with Crippen LogP contribution in [0.4, 0.5) is 10.1 Å². The van der Waals surface area contributed by atoms with Crippen molar-refractivity contribution in [1.82, 2.24) is 0 Å². The summed E-state index contributed by atoms with van der Waals surface area (Å²) < 4.78 is 26.0. The van der Waals surface area contributed by atoms with Crippen LogP contribution in [-0.2, 0) is 9.47 Å². The van der Waals surface area contributed by atoms with Crippen LogP contribution in [-0.4, -0.2) is 31.5 Å². The fourth-order valence-corrected chi connectivity index (χ4v) is 3.20. The summed E-state index contributed by atoms with van der Waals surface area (Å²) in [5, 5.41) is 3.30. The normalized spacial score (nSPS) is 30.7. The smallest absolute Gasteiger partial charge is 0.146 e. The van der Waals surface area contributed by atoms with Crippen molar-refractivity contribution in [1.29, 1.82) is 0 Å². The van der Waals surface area contributed by atoms with Crippen LogP contribution >= 0.6 is 15.9 Å². The maximum atomic E-state index is 13.8. The fourth-order valence-electron chi connectivity index (χ4n) is 2.84. The van der Waals surface area contributed by atoms with Gasteiger partial charge in [-0.05, 0) is 31.0 Å². The Morgan fingerprint density at radius 3 is 3.05 bits per heavy atom. The van der Waals surface area contributed by atoms with Crippen LogP contribution in [0.3, 0.4) is 0 Å². The molecule has 1 N–H and O–H groups in total. The Kier molecular flexibility index (Phi) is 3.78. The zero-order valence-corrected chi connectivity index (χ0v) is 12.2. The molecule has 0 amide bonds. The Balaban J connectivity index is 1.70. The molecule has 2 unspecified atom stereocenters. The van der Waals surface area contributed by atoms with Gasteiger partial charge in [0.1, 0.15) is 5.82 Å². The van der Waals surface area contributed by atoms with Crippen molar-refractivity contribution < 1.29 is 13.9 Å². The Morgan fingerprint density at radius 2 is 2.26 bits per heavy atom. The van der Waals surface area contributed by atoms with Crippen molar-refractivity contribution in [2.75, 3.05) is 25.1 Å². The van der Waals surface area contributed by atoms with Gasteiger partial charge in [0.2, 0.25) is 0 Å². The summed E-state index contributed by atoms with van der Waals surface area (Å²) in [6, 6.07) is 5.19. The van der Waals surface area contributed by atoms with Crippen LogP contribution in [0.2, 0.25) is 0 Å². The van der Waals surface area contributed by atoms with E-state index in [-0.39, 0.29) is 17.5 Å². The van der Waals surface area contributed by atoms with Crippen LogP contribution < -0.4 is 5.32 Å². The van der Waals surface area contributed by atoms with Gasteiger partial charge in [0.15, 0.2) is 0 Å². The molecule has 19 heavy (non-hydrogen) atoms. The van der Waals surface area contributed by atoms with Crippen molar-refractivity contribution >= 4 is 21.6 Å². The summed E-state index contributed by atoms with van der Waals surface area (Å²) in [6.07, 6.45) is 2.71. The molecule has 2 aliphatic rings. The van der Waals surface area contributed by atoms with Gasteiger partial charge in [-0.25, -0.2) is 4.39 Å². The van der Waals surface area contributed by atoms with Crippen molar-refractivity contribution in [2.24, 2.45) is 0 Å². The van der Waals surface area contributed by atoms with Crippen LogP contribution in [0.1, 0.15) is 19.3 Å². The van der Waals surface area contributed by atoms with E-state index in [0.29, 0.717) is 18.9 Å². The largest absolute Gasteiger partial charge is 0.380 e. The summed E-state index contributed by atoms with van der Waals surface area (Å²) in [7, 11) is 0. The molecule has 2 saturated heterocycles. The van der Waals surface area contributed by atoms with Gasteiger partial charge in [0.25, 0.3) is 0 Å². The summed E-state index contributed by atoms with van der Waals surface area (Å²) in [5.41, 5.74) is 0.397. The second kappa shape index (κ2) is 5.38. The van der Waals surface area contributed by atoms with E-state index in [4.69, 9.17) is 9.47 Å². The van der Waals surface area contributed by atoms with Crippen molar-refractivity contribution in [3.63, 3.8) is 0 Å². The first kappa shape index (κ1) is 13.3. The molecule has 1 aromatic carbocycles. The number of ether oxygens (including phenoxy) is 2. The molecule has 0 aromatic heterocycles. The SMILES string of the molecule is Fc1ccc(Br)cc1NC1CCOC2(CCOC2)C1. The van der Waals surface area contributed by atoms with Crippen molar-refractivity contribution in [3.05, 3.63) is 28.5 Å². The quantitative estimate of drug-likeness (QED) is 0.902. The van der Waals surface area contributed by atoms with Crippen LogP contribution in [0.5, 0.6) is 0 Å². The highest BCUT2D eigenvalue weighted by atomic mass is 79.9. The number of benzene rings is 1. The minimum atomic E-state index is -0.216. The maximum Gasteiger partial charge on any atom is 0.146 e. The molecule has 1 spiro atoms. The average Bonchev–Trinajstić information content (AvgIpc) is 2.82. The Labute approximate surface area is 120 Å². The standard InChI is InChI=1S/C14H17BrFNO2/c15-10-1-2-12(16)13(7-10)17-11-3-5-19-14(8-11)4-6-18-9-14/h1-2,7,11,17H,3-6,8-9H2. The molecule has 104 valence electrons. The molecule has 5 heteroatoms. The number of hydrogen-bond acceptors (Lipinski definition) is 3. The molecular weight excluding hydrogens is 313 g/mol.